The molecule has 5 aromatic rings. The zero-order valence-electron chi connectivity index (χ0n) is 24.7. The van der Waals surface area contributed by atoms with Gasteiger partial charge in [-0.05, 0) is 98.0 Å². The Kier molecular flexibility index (Phi) is 6.64. The molecule has 0 heterocycles. The number of benzene rings is 5. The first-order valence-corrected chi connectivity index (χ1v) is 14.4. The second kappa shape index (κ2) is 10.7. The van der Waals surface area contributed by atoms with Crippen molar-refractivity contribution in [2.24, 2.45) is 0 Å². The standard InChI is InChI=1S/C40H19F3N4/c1-22-4-6-23(7-5-22)25-10-14-28-32(18-25)36(34(20-44)46-2)30-16-17-31-37(35(21-45)47-3)33-19-26(11-15-29(33)39(31)38(28)30)24-8-12-27(13-9-24)40(41,42)43/h4-19H,1H3/b36-34-,37-35+. The van der Waals surface area contributed by atoms with Crippen LogP contribution in [0.25, 0.3) is 65.3 Å². The van der Waals surface area contributed by atoms with Crippen LogP contribution in [-0.2, 0) is 6.18 Å². The maximum absolute atomic E-state index is 13.2. The highest BCUT2D eigenvalue weighted by molar-refractivity contribution is 6.15. The van der Waals surface area contributed by atoms with Gasteiger partial charge >= 0.3 is 6.18 Å². The lowest BCUT2D eigenvalue weighted by atomic mass is 9.92. The second-order valence-corrected chi connectivity index (χ2v) is 11.3. The van der Waals surface area contributed by atoms with Crippen molar-refractivity contribution in [1.29, 1.82) is 10.5 Å². The SMILES string of the molecule is [C-]#[N+]/C(C#N)=C1/c2cc(-c3ccc(C(F)(F)F)cc3)ccc2-c2c1ccc1c2-c2ccc(-c3ccc(C)cc3)cc2/C1=C(/C#N)[N+]#[C-]. The molecule has 0 spiro atoms. The molecule has 0 saturated carbocycles. The van der Waals surface area contributed by atoms with E-state index in [-0.39, 0.29) is 11.4 Å². The minimum absolute atomic E-state index is 0.0449. The minimum atomic E-state index is -4.46. The van der Waals surface area contributed by atoms with Crippen LogP contribution in [0.2, 0.25) is 0 Å². The van der Waals surface area contributed by atoms with Crippen LogP contribution in [0.3, 0.4) is 0 Å². The van der Waals surface area contributed by atoms with Crippen LogP contribution in [0.5, 0.6) is 0 Å². The van der Waals surface area contributed by atoms with Gasteiger partial charge in [0, 0.05) is 11.1 Å². The summed E-state index contributed by atoms with van der Waals surface area (Å²) < 4.78 is 39.7. The van der Waals surface area contributed by atoms with E-state index >= 15 is 0 Å². The number of nitrogens with zero attached hydrogens (tertiary/aromatic N) is 4. The molecular formula is C40H19F3N4. The monoisotopic (exact) mass is 612 g/mol. The van der Waals surface area contributed by atoms with Crippen LogP contribution in [0, 0.1) is 42.7 Å². The summed E-state index contributed by atoms with van der Waals surface area (Å²) in [5, 5.41) is 20.0. The van der Waals surface area contributed by atoms with Gasteiger partial charge in [0.2, 0.25) is 0 Å². The summed E-state index contributed by atoms with van der Waals surface area (Å²) in [6.45, 7) is 17.6. The van der Waals surface area contributed by atoms with Crippen molar-refractivity contribution >= 4 is 11.1 Å². The van der Waals surface area contributed by atoms with Crippen LogP contribution < -0.4 is 0 Å². The maximum atomic E-state index is 13.2. The average molecular weight is 613 g/mol. The van der Waals surface area contributed by atoms with Gasteiger partial charge in [-0.25, -0.2) is 20.2 Å². The smallest absolute Gasteiger partial charge is 0.226 e. The highest BCUT2D eigenvalue weighted by Crippen LogP contribution is 2.57. The highest BCUT2D eigenvalue weighted by atomic mass is 19.4. The summed E-state index contributed by atoms with van der Waals surface area (Å²) in [6, 6.07) is 32.1. The molecule has 0 fully saturated rings. The fourth-order valence-corrected chi connectivity index (χ4v) is 6.55. The van der Waals surface area contributed by atoms with Gasteiger partial charge in [0.05, 0.1) is 30.8 Å². The quantitative estimate of drug-likeness (QED) is 0.144. The number of alkyl halides is 3. The molecule has 5 aromatic carbocycles. The van der Waals surface area contributed by atoms with Gasteiger partial charge in [0.25, 0.3) is 11.4 Å². The van der Waals surface area contributed by atoms with Gasteiger partial charge in [-0.15, -0.1) is 0 Å². The van der Waals surface area contributed by atoms with Crippen LogP contribution in [0.4, 0.5) is 13.2 Å². The Balaban J connectivity index is 1.49. The summed E-state index contributed by atoms with van der Waals surface area (Å²) >= 11 is 0. The number of hydrogen-bond acceptors (Lipinski definition) is 2. The van der Waals surface area contributed by atoms with Crippen molar-refractivity contribution in [3.05, 3.63) is 165 Å². The molecule has 7 rings (SSSR count). The molecule has 0 atom stereocenters. The van der Waals surface area contributed by atoms with Crippen LogP contribution in [-0.4, -0.2) is 0 Å². The zero-order valence-corrected chi connectivity index (χ0v) is 24.7. The third kappa shape index (κ3) is 4.50. The predicted molar refractivity (Wildman–Crippen MR) is 174 cm³/mol. The lowest BCUT2D eigenvalue weighted by molar-refractivity contribution is -0.137. The molecule has 0 unspecified atom stereocenters. The Hall–Kier alpha value is -6.67. The van der Waals surface area contributed by atoms with Gasteiger partial charge in [-0.1, -0.05) is 78.4 Å². The van der Waals surface area contributed by atoms with Crippen molar-refractivity contribution < 1.29 is 13.2 Å². The molecule has 7 heteroatoms. The van der Waals surface area contributed by atoms with E-state index in [1.165, 1.54) is 12.1 Å². The Morgan fingerprint density at radius 3 is 1.32 bits per heavy atom. The summed E-state index contributed by atoms with van der Waals surface area (Å²) in [5.74, 6) is 0. The Bertz CT molecular complexity index is 2390. The molecule has 0 amide bonds. The molecule has 2 aliphatic rings. The predicted octanol–water partition coefficient (Wildman–Crippen LogP) is 10.7. The van der Waals surface area contributed by atoms with Crippen molar-refractivity contribution in [1.82, 2.24) is 0 Å². The third-order valence-corrected chi connectivity index (χ3v) is 8.70. The van der Waals surface area contributed by atoms with Crippen LogP contribution >= 0.6 is 0 Å². The number of hydrogen-bond donors (Lipinski definition) is 0. The molecule has 0 bridgehead atoms. The molecule has 0 aromatic heterocycles. The number of fused-ring (bicyclic) bond motifs is 7. The number of aryl methyl sites for hydroxylation is 1. The number of rotatable bonds is 2. The van der Waals surface area contributed by atoms with Crippen molar-refractivity contribution in [3.63, 3.8) is 0 Å². The zero-order chi connectivity index (χ0) is 33.0. The summed E-state index contributed by atoms with van der Waals surface area (Å²) in [7, 11) is 0. The van der Waals surface area contributed by atoms with Crippen molar-refractivity contribution in [2.45, 2.75) is 13.1 Å². The molecular weight excluding hydrogens is 593 g/mol. The molecule has 0 aliphatic heterocycles. The molecule has 2 aliphatic carbocycles. The van der Waals surface area contributed by atoms with E-state index in [0.717, 1.165) is 56.6 Å². The maximum Gasteiger partial charge on any atom is 0.416 e. The Morgan fingerprint density at radius 2 is 0.936 bits per heavy atom. The van der Waals surface area contributed by atoms with Gasteiger partial charge in [-0.3, -0.25) is 0 Å². The normalized spacial score (nSPS) is 14.4. The van der Waals surface area contributed by atoms with E-state index in [0.29, 0.717) is 39.0 Å². The lowest BCUT2D eigenvalue weighted by Gasteiger charge is -2.11. The first-order valence-electron chi connectivity index (χ1n) is 14.4. The molecule has 4 nitrogen and oxygen atoms in total. The van der Waals surface area contributed by atoms with E-state index in [1.807, 2.05) is 79.7 Å². The summed E-state index contributed by atoms with van der Waals surface area (Å²) in [4.78, 5) is 7.12. The molecule has 47 heavy (non-hydrogen) atoms. The Labute approximate surface area is 268 Å². The van der Waals surface area contributed by atoms with Crippen molar-refractivity contribution in [2.75, 3.05) is 0 Å². The van der Waals surface area contributed by atoms with Crippen molar-refractivity contribution in [3.8, 4) is 56.6 Å². The van der Waals surface area contributed by atoms with Gasteiger partial charge in [0.1, 0.15) is 0 Å². The second-order valence-electron chi connectivity index (χ2n) is 11.3. The van der Waals surface area contributed by atoms with Crippen LogP contribution in [0.1, 0.15) is 33.4 Å². The van der Waals surface area contributed by atoms with E-state index in [2.05, 4.69) is 15.8 Å². The summed E-state index contributed by atoms with van der Waals surface area (Å²) in [5.41, 5.74) is 10.1. The van der Waals surface area contributed by atoms with Gasteiger partial charge in [0.15, 0.2) is 0 Å². The lowest BCUT2D eigenvalue weighted by Crippen LogP contribution is -2.03. The van der Waals surface area contributed by atoms with E-state index in [4.69, 9.17) is 13.1 Å². The molecule has 0 saturated heterocycles. The number of halogens is 3. The number of allylic oxidation sites excluding steroid dienone is 2. The topological polar surface area (TPSA) is 56.3 Å². The van der Waals surface area contributed by atoms with E-state index in [1.54, 1.807) is 6.07 Å². The number of nitriles is 2. The van der Waals surface area contributed by atoms with Crippen LogP contribution in [0.15, 0.2) is 108 Å². The first kappa shape index (κ1) is 29.1. The molecule has 220 valence electrons. The van der Waals surface area contributed by atoms with E-state index in [9.17, 15) is 23.7 Å². The fraction of sp³-hybridized carbons (Fsp3) is 0.0500. The fourth-order valence-electron chi connectivity index (χ4n) is 6.55. The summed E-state index contributed by atoms with van der Waals surface area (Å²) in [6.07, 6.45) is -4.46. The Morgan fingerprint density at radius 1 is 0.553 bits per heavy atom. The largest absolute Gasteiger partial charge is 0.416 e. The van der Waals surface area contributed by atoms with Gasteiger partial charge < -0.3 is 0 Å². The third-order valence-electron chi connectivity index (χ3n) is 8.70. The van der Waals surface area contributed by atoms with Gasteiger partial charge in [-0.2, -0.15) is 13.2 Å². The molecule has 0 radical (unpaired) electrons. The average Bonchev–Trinajstić information content (AvgIpc) is 3.58. The minimum Gasteiger partial charge on any atom is -0.226 e. The molecule has 0 N–H and O–H groups in total. The van der Waals surface area contributed by atoms with E-state index < -0.39 is 11.7 Å². The highest BCUT2D eigenvalue weighted by Gasteiger charge is 2.36. The first-order chi connectivity index (χ1) is 22.7.